The Labute approximate surface area is 105 Å². The van der Waals surface area contributed by atoms with Crippen molar-refractivity contribution >= 4 is 6.29 Å². The lowest BCUT2D eigenvalue weighted by molar-refractivity contribution is 0.111. The molecule has 0 spiro atoms. The van der Waals surface area contributed by atoms with Crippen LogP contribution in [0.1, 0.15) is 16.8 Å². The highest BCUT2D eigenvalue weighted by Crippen LogP contribution is 2.37. The van der Waals surface area contributed by atoms with Crippen LogP contribution in [-0.2, 0) is 4.74 Å². The summed E-state index contributed by atoms with van der Waals surface area (Å²) >= 11 is 0. The van der Waals surface area contributed by atoms with E-state index < -0.39 is 0 Å². The van der Waals surface area contributed by atoms with Crippen LogP contribution in [0.25, 0.3) is 0 Å². The first-order valence-electron chi connectivity index (χ1n) is 5.96. The first-order valence-corrected chi connectivity index (χ1v) is 5.96. The maximum Gasteiger partial charge on any atom is 0.231 e. The fourth-order valence-electron chi connectivity index (χ4n) is 2.08. The number of rotatable bonds is 4. The molecule has 1 fully saturated rings. The Balaban J connectivity index is 1.75. The Morgan fingerprint density at radius 2 is 2.17 bits per heavy atom. The third kappa shape index (κ3) is 2.13. The van der Waals surface area contributed by atoms with Crippen molar-refractivity contribution in [2.24, 2.45) is 5.92 Å². The highest BCUT2D eigenvalue weighted by molar-refractivity contribution is 5.81. The largest absolute Gasteiger partial charge is 0.492 e. The molecule has 1 saturated heterocycles. The van der Waals surface area contributed by atoms with Gasteiger partial charge < -0.3 is 18.9 Å². The van der Waals surface area contributed by atoms with Crippen LogP contribution < -0.4 is 14.2 Å². The van der Waals surface area contributed by atoms with Crippen molar-refractivity contribution in [1.29, 1.82) is 0 Å². The predicted molar refractivity (Wildman–Crippen MR) is 62.4 cm³/mol. The maximum absolute atomic E-state index is 11.0. The zero-order valence-electron chi connectivity index (χ0n) is 9.89. The number of carbonyl (C=O) groups is 1. The summed E-state index contributed by atoms with van der Waals surface area (Å²) in [5.41, 5.74) is 0.484. The molecule has 1 atom stereocenters. The van der Waals surface area contributed by atoms with Gasteiger partial charge in [0, 0.05) is 18.6 Å². The van der Waals surface area contributed by atoms with E-state index in [-0.39, 0.29) is 6.79 Å². The highest BCUT2D eigenvalue weighted by atomic mass is 16.7. The first kappa shape index (κ1) is 11.3. The fourth-order valence-corrected chi connectivity index (χ4v) is 2.08. The van der Waals surface area contributed by atoms with E-state index in [0.717, 1.165) is 25.9 Å². The van der Waals surface area contributed by atoms with E-state index >= 15 is 0 Å². The monoisotopic (exact) mass is 250 g/mol. The van der Waals surface area contributed by atoms with Crippen LogP contribution in [0.4, 0.5) is 0 Å². The number of hydrogen-bond acceptors (Lipinski definition) is 5. The molecule has 0 bridgehead atoms. The van der Waals surface area contributed by atoms with Gasteiger partial charge in [-0.2, -0.15) is 0 Å². The molecule has 2 aliphatic rings. The normalized spacial score (nSPS) is 21.0. The predicted octanol–water partition coefficient (Wildman–Crippen LogP) is 1.64. The van der Waals surface area contributed by atoms with Gasteiger partial charge >= 0.3 is 0 Å². The van der Waals surface area contributed by atoms with Gasteiger partial charge in [0.2, 0.25) is 6.79 Å². The summed E-state index contributed by atoms with van der Waals surface area (Å²) in [7, 11) is 0. The summed E-state index contributed by atoms with van der Waals surface area (Å²) in [6, 6.07) is 3.36. The van der Waals surface area contributed by atoms with Crippen LogP contribution in [0, 0.1) is 5.92 Å². The van der Waals surface area contributed by atoms with Crippen molar-refractivity contribution in [2.75, 3.05) is 26.6 Å². The lowest BCUT2D eigenvalue weighted by atomic mass is 10.1. The van der Waals surface area contributed by atoms with Crippen LogP contribution in [0.3, 0.4) is 0 Å². The molecule has 5 nitrogen and oxygen atoms in total. The molecule has 0 amide bonds. The molecule has 0 N–H and O–H groups in total. The Morgan fingerprint density at radius 3 is 2.89 bits per heavy atom. The van der Waals surface area contributed by atoms with Crippen molar-refractivity contribution in [3.8, 4) is 17.2 Å². The maximum atomic E-state index is 11.0. The zero-order valence-corrected chi connectivity index (χ0v) is 9.89. The minimum absolute atomic E-state index is 0.188. The van der Waals surface area contributed by atoms with E-state index in [1.165, 1.54) is 0 Å². The molecule has 1 aromatic carbocycles. The van der Waals surface area contributed by atoms with Crippen molar-refractivity contribution in [3.05, 3.63) is 17.7 Å². The van der Waals surface area contributed by atoms with Crippen LogP contribution >= 0.6 is 0 Å². The molecule has 1 aromatic rings. The van der Waals surface area contributed by atoms with Gasteiger partial charge in [0.05, 0.1) is 18.8 Å². The van der Waals surface area contributed by atoms with Gasteiger partial charge in [-0.1, -0.05) is 0 Å². The van der Waals surface area contributed by atoms with Crippen molar-refractivity contribution in [1.82, 2.24) is 0 Å². The molecule has 0 aromatic heterocycles. The Kier molecular flexibility index (Phi) is 3.06. The standard InChI is InChI=1S/C13H14O5/c14-5-10-3-12-13(18-8-17-12)4-11(10)16-7-9-1-2-15-6-9/h3-5,9H,1-2,6-8H2. The van der Waals surface area contributed by atoms with Crippen molar-refractivity contribution < 1.29 is 23.7 Å². The second-order valence-electron chi connectivity index (χ2n) is 4.40. The molecule has 0 aliphatic carbocycles. The van der Waals surface area contributed by atoms with E-state index in [9.17, 15) is 4.79 Å². The van der Waals surface area contributed by atoms with Crippen LogP contribution in [0.2, 0.25) is 0 Å². The smallest absolute Gasteiger partial charge is 0.231 e. The molecule has 96 valence electrons. The zero-order chi connectivity index (χ0) is 12.4. The fraction of sp³-hybridized carbons (Fsp3) is 0.462. The summed E-state index contributed by atoms with van der Waals surface area (Å²) in [5.74, 6) is 2.16. The summed E-state index contributed by atoms with van der Waals surface area (Å²) in [6.45, 7) is 2.25. The quantitative estimate of drug-likeness (QED) is 0.760. The topological polar surface area (TPSA) is 54.0 Å². The Hall–Kier alpha value is -1.75. The molecule has 18 heavy (non-hydrogen) atoms. The second kappa shape index (κ2) is 4.86. The average molecular weight is 250 g/mol. The van der Waals surface area contributed by atoms with Gasteiger partial charge in [-0.15, -0.1) is 0 Å². The van der Waals surface area contributed by atoms with E-state index in [1.54, 1.807) is 12.1 Å². The summed E-state index contributed by atoms with van der Waals surface area (Å²) in [4.78, 5) is 11.0. The van der Waals surface area contributed by atoms with Crippen LogP contribution in [0.5, 0.6) is 17.2 Å². The molecular weight excluding hydrogens is 236 g/mol. The number of benzene rings is 1. The van der Waals surface area contributed by atoms with Crippen LogP contribution in [-0.4, -0.2) is 32.9 Å². The molecule has 3 rings (SSSR count). The van der Waals surface area contributed by atoms with Gasteiger partial charge in [-0.05, 0) is 12.5 Å². The molecule has 0 radical (unpaired) electrons. The Morgan fingerprint density at radius 1 is 1.33 bits per heavy atom. The van der Waals surface area contributed by atoms with Gasteiger partial charge in [0.1, 0.15) is 5.75 Å². The Bertz CT molecular complexity index is 451. The van der Waals surface area contributed by atoms with E-state index in [2.05, 4.69) is 0 Å². The van der Waals surface area contributed by atoms with Gasteiger partial charge in [-0.3, -0.25) is 4.79 Å². The minimum atomic E-state index is 0.188. The molecule has 2 heterocycles. The average Bonchev–Trinajstić information content (AvgIpc) is 3.05. The first-order chi connectivity index (χ1) is 8.86. The van der Waals surface area contributed by atoms with E-state index in [0.29, 0.717) is 35.3 Å². The number of aldehydes is 1. The SMILES string of the molecule is O=Cc1cc2c(cc1OCC1CCOC1)OCO2. The third-order valence-electron chi connectivity index (χ3n) is 3.13. The number of ether oxygens (including phenoxy) is 4. The second-order valence-corrected chi connectivity index (χ2v) is 4.40. The van der Waals surface area contributed by atoms with Crippen molar-refractivity contribution in [3.63, 3.8) is 0 Å². The lowest BCUT2D eigenvalue weighted by Crippen LogP contribution is -2.12. The summed E-state index contributed by atoms with van der Waals surface area (Å²) in [6.07, 6.45) is 1.77. The van der Waals surface area contributed by atoms with E-state index in [4.69, 9.17) is 18.9 Å². The number of carbonyl (C=O) groups excluding carboxylic acids is 1. The summed E-state index contributed by atoms with van der Waals surface area (Å²) in [5, 5.41) is 0. The van der Waals surface area contributed by atoms with Gasteiger partial charge in [-0.25, -0.2) is 0 Å². The molecule has 2 aliphatic heterocycles. The molecular formula is C13H14O5. The summed E-state index contributed by atoms with van der Waals surface area (Å²) < 4.78 is 21.5. The number of hydrogen-bond donors (Lipinski definition) is 0. The molecule has 5 heteroatoms. The number of fused-ring (bicyclic) bond motifs is 1. The molecule has 1 unspecified atom stereocenters. The third-order valence-corrected chi connectivity index (χ3v) is 3.13. The molecule has 0 saturated carbocycles. The van der Waals surface area contributed by atoms with Crippen LogP contribution in [0.15, 0.2) is 12.1 Å². The van der Waals surface area contributed by atoms with E-state index in [1.807, 2.05) is 0 Å². The van der Waals surface area contributed by atoms with Gasteiger partial charge in [0.25, 0.3) is 0 Å². The minimum Gasteiger partial charge on any atom is -0.492 e. The van der Waals surface area contributed by atoms with Crippen molar-refractivity contribution in [2.45, 2.75) is 6.42 Å². The van der Waals surface area contributed by atoms with Gasteiger partial charge in [0.15, 0.2) is 17.8 Å². The lowest BCUT2D eigenvalue weighted by Gasteiger charge is -2.12. The highest BCUT2D eigenvalue weighted by Gasteiger charge is 2.20.